The number of hydrogen-bond acceptors (Lipinski definition) is 6. The Morgan fingerprint density at radius 3 is 2.24 bits per heavy atom. The van der Waals surface area contributed by atoms with Gasteiger partial charge in [0.25, 0.3) is 10.0 Å². The molecule has 0 N–H and O–H groups in total. The SMILES string of the molecule is CCC1(N2CCN(S(=O)(=O)c3cccs3)CC2)CCN(S(C)(=O)=O)C1. The Labute approximate surface area is 154 Å². The molecule has 2 aliphatic rings. The lowest BCUT2D eigenvalue weighted by Crippen LogP contribution is -2.58. The highest BCUT2D eigenvalue weighted by molar-refractivity contribution is 7.91. The van der Waals surface area contributed by atoms with Gasteiger partial charge < -0.3 is 0 Å². The lowest BCUT2D eigenvalue weighted by atomic mass is 9.92. The number of rotatable bonds is 5. The van der Waals surface area contributed by atoms with Crippen LogP contribution in [0.3, 0.4) is 0 Å². The molecular formula is C15H25N3O4S3. The fourth-order valence-corrected chi connectivity index (χ4v) is 7.28. The van der Waals surface area contributed by atoms with Gasteiger partial charge in [-0.15, -0.1) is 11.3 Å². The average molecular weight is 408 g/mol. The number of piperazine rings is 1. The molecule has 0 bridgehead atoms. The summed E-state index contributed by atoms with van der Waals surface area (Å²) in [5.41, 5.74) is -0.179. The lowest BCUT2D eigenvalue weighted by Gasteiger charge is -2.45. The fourth-order valence-electron chi connectivity index (χ4n) is 3.81. The topological polar surface area (TPSA) is 78.0 Å². The lowest BCUT2D eigenvalue weighted by molar-refractivity contribution is 0.0600. The normalized spacial score (nSPS) is 27.8. The average Bonchev–Trinajstić information content (AvgIpc) is 3.25. The van der Waals surface area contributed by atoms with Crippen molar-refractivity contribution in [3.8, 4) is 0 Å². The molecule has 1 unspecified atom stereocenters. The Kier molecular flexibility index (Phi) is 5.31. The first-order valence-corrected chi connectivity index (χ1v) is 12.6. The van der Waals surface area contributed by atoms with Gasteiger partial charge in [0, 0.05) is 44.8 Å². The maximum Gasteiger partial charge on any atom is 0.252 e. The van der Waals surface area contributed by atoms with Crippen LogP contribution in [0.15, 0.2) is 21.7 Å². The zero-order valence-corrected chi connectivity index (χ0v) is 17.0. The summed E-state index contributed by atoms with van der Waals surface area (Å²) in [5.74, 6) is 0. The monoisotopic (exact) mass is 407 g/mol. The van der Waals surface area contributed by atoms with Crippen LogP contribution in [0.4, 0.5) is 0 Å². The summed E-state index contributed by atoms with van der Waals surface area (Å²) in [6, 6.07) is 3.39. The Balaban J connectivity index is 1.69. The Morgan fingerprint density at radius 1 is 1.08 bits per heavy atom. The molecule has 0 amide bonds. The maximum atomic E-state index is 12.6. The first kappa shape index (κ1) is 19.2. The van der Waals surface area contributed by atoms with Gasteiger partial charge in [0.2, 0.25) is 10.0 Å². The summed E-state index contributed by atoms with van der Waals surface area (Å²) in [6.07, 6.45) is 2.91. The third-order valence-electron chi connectivity index (χ3n) is 5.42. The summed E-state index contributed by atoms with van der Waals surface area (Å²) >= 11 is 1.24. The molecule has 2 fully saturated rings. The smallest absolute Gasteiger partial charge is 0.252 e. The van der Waals surface area contributed by atoms with Gasteiger partial charge in [0.05, 0.1) is 6.26 Å². The van der Waals surface area contributed by atoms with Crippen molar-refractivity contribution in [3.05, 3.63) is 17.5 Å². The molecule has 10 heteroatoms. The molecule has 2 saturated heterocycles. The van der Waals surface area contributed by atoms with E-state index in [9.17, 15) is 16.8 Å². The van der Waals surface area contributed by atoms with E-state index in [1.807, 2.05) is 0 Å². The van der Waals surface area contributed by atoms with E-state index in [-0.39, 0.29) is 5.54 Å². The van der Waals surface area contributed by atoms with Crippen LogP contribution >= 0.6 is 11.3 Å². The molecule has 7 nitrogen and oxygen atoms in total. The minimum atomic E-state index is -3.41. The standard InChI is InChI=1S/C15H25N3O4S3/c1-3-15(6-7-18(13-15)24(2,19)20)16-8-10-17(11-9-16)25(21,22)14-5-4-12-23-14/h4-5,12H,3,6-11,13H2,1-2H3. The fraction of sp³-hybridized carbons (Fsp3) is 0.733. The van der Waals surface area contributed by atoms with Crippen molar-refractivity contribution in [2.75, 3.05) is 45.5 Å². The molecule has 0 aromatic carbocycles. The van der Waals surface area contributed by atoms with Crippen LogP contribution in [0.1, 0.15) is 19.8 Å². The van der Waals surface area contributed by atoms with E-state index in [0.29, 0.717) is 43.5 Å². The third kappa shape index (κ3) is 3.65. The van der Waals surface area contributed by atoms with Crippen LogP contribution < -0.4 is 0 Å². The number of hydrogen-bond donors (Lipinski definition) is 0. The van der Waals surface area contributed by atoms with Crippen molar-refractivity contribution in [1.29, 1.82) is 0 Å². The number of nitrogens with zero attached hydrogens (tertiary/aromatic N) is 3. The minimum Gasteiger partial charge on any atom is -0.294 e. The first-order valence-electron chi connectivity index (χ1n) is 8.43. The molecule has 0 spiro atoms. The Hall–Kier alpha value is -0.520. The zero-order chi connectivity index (χ0) is 18.3. The number of thiophene rings is 1. The predicted octanol–water partition coefficient (Wildman–Crippen LogP) is 0.869. The molecule has 1 aromatic rings. The summed E-state index contributed by atoms with van der Waals surface area (Å²) in [4.78, 5) is 2.29. The maximum absolute atomic E-state index is 12.6. The highest BCUT2D eigenvalue weighted by Crippen LogP contribution is 2.34. The molecule has 0 aliphatic carbocycles. The second-order valence-corrected chi connectivity index (χ2v) is 11.8. The Morgan fingerprint density at radius 2 is 1.76 bits per heavy atom. The molecule has 0 saturated carbocycles. The molecule has 25 heavy (non-hydrogen) atoms. The molecule has 3 heterocycles. The van der Waals surface area contributed by atoms with Crippen LogP contribution in [0.2, 0.25) is 0 Å². The van der Waals surface area contributed by atoms with Crippen molar-refractivity contribution in [1.82, 2.24) is 13.5 Å². The van der Waals surface area contributed by atoms with Crippen LogP contribution in [-0.4, -0.2) is 81.4 Å². The van der Waals surface area contributed by atoms with Gasteiger partial charge in [-0.05, 0) is 24.3 Å². The summed E-state index contributed by atoms with van der Waals surface area (Å²) < 4.78 is 52.5. The van der Waals surface area contributed by atoms with E-state index in [2.05, 4.69) is 11.8 Å². The van der Waals surface area contributed by atoms with Gasteiger partial charge in [-0.1, -0.05) is 13.0 Å². The van der Waals surface area contributed by atoms with Gasteiger partial charge >= 0.3 is 0 Å². The van der Waals surface area contributed by atoms with Crippen LogP contribution in [0.5, 0.6) is 0 Å². The molecule has 2 aliphatic heterocycles. The van der Waals surface area contributed by atoms with Gasteiger partial charge in [0.15, 0.2) is 0 Å². The van der Waals surface area contributed by atoms with E-state index in [0.717, 1.165) is 12.8 Å². The molecule has 1 aromatic heterocycles. The van der Waals surface area contributed by atoms with Crippen LogP contribution in [0, 0.1) is 0 Å². The first-order chi connectivity index (χ1) is 11.7. The van der Waals surface area contributed by atoms with Crippen molar-refractivity contribution in [2.45, 2.75) is 29.5 Å². The van der Waals surface area contributed by atoms with E-state index in [1.165, 1.54) is 17.6 Å². The van der Waals surface area contributed by atoms with Gasteiger partial charge in [-0.3, -0.25) is 4.90 Å². The van der Waals surface area contributed by atoms with Crippen molar-refractivity contribution < 1.29 is 16.8 Å². The Bertz CT molecular complexity index is 799. The van der Waals surface area contributed by atoms with E-state index in [1.54, 1.807) is 26.1 Å². The van der Waals surface area contributed by atoms with Gasteiger partial charge in [-0.25, -0.2) is 21.1 Å². The van der Waals surface area contributed by atoms with Gasteiger partial charge in [-0.2, -0.15) is 4.31 Å². The third-order valence-corrected chi connectivity index (χ3v) is 9.94. The van der Waals surface area contributed by atoms with E-state index >= 15 is 0 Å². The quantitative estimate of drug-likeness (QED) is 0.724. The minimum absolute atomic E-state index is 0.179. The summed E-state index contributed by atoms with van der Waals surface area (Å²) in [5, 5.41) is 1.77. The molecule has 3 rings (SSSR count). The summed E-state index contributed by atoms with van der Waals surface area (Å²) in [6.45, 7) is 5.29. The number of sulfonamides is 2. The van der Waals surface area contributed by atoms with Crippen LogP contribution in [-0.2, 0) is 20.0 Å². The van der Waals surface area contributed by atoms with Crippen molar-refractivity contribution in [2.24, 2.45) is 0 Å². The second-order valence-electron chi connectivity index (χ2n) is 6.75. The van der Waals surface area contributed by atoms with Crippen molar-refractivity contribution >= 4 is 31.4 Å². The van der Waals surface area contributed by atoms with Gasteiger partial charge in [0.1, 0.15) is 4.21 Å². The van der Waals surface area contributed by atoms with E-state index < -0.39 is 20.0 Å². The molecule has 0 radical (unpaired) electrons. The molecule has 1 atom stereocenters. The summed E-state index contributed by atoms with van der Waals surface area (Å²) in [7, 11) is -6.59. The molecule has 142 valence electrons. The highest BCUT2D eigenvalue weighted by Gasteiger charge is 2.45. The molecular weight excluding hydrogens is 382 g/mol. The van der Waals surface area contributed by atoms with Crippen LogP contribution in [0.25, 0.3) is 0 Å². The largest absolute Gasteiger partial charge is 0.294 e. The van der Waals surface area contributed by atoms with E-state index in [4.69, 9.17) is 0 Å². The zero-order valence-electron chi connectivity index (χ0n) is 14.6. The highest BCUT2D eigenvalue weighted by atomic mass is 32.2. The van der Waals surface area contributed by atoms with Crippen molar-refractivity contribution in [3.63, 3.8) is 0 Å². The second kappa shape index (κ2) is 6.90. The predicted molar refractivity (Wildman–Crippen MR) is 98.7 cm³/mol.